The number of alkyl halides is 3. The van der Waals surface area contributed by atoms with Crippen molar-refractivity contribution in [2.24, 2.45) is 5.10 Å². The number of nitrogens with one attached hydrogen (secondary N) is 3. The maximum atomic E-state index is 12.8. The lowest BCUT2D eigenvalue weighted by molar-refractivity contribution is -0.137. The number of methoxy groups -OCH3 is 1. The molecule has 15 heteroatoms. The molecule has 0 aliphatic rings. The summed E-state index contributed by atoms with van der Waals surface area (Å²) in [5.74, 6) is -2.56. The van der Waals surface area contributed by atoms with E-state index in [1.807, 2.05) is 5.43 Å². The summed E-state index contributed by atoms with van der Waals surface area (Å²) in [5.41, 5.74) is 1.48. The lowest BCUT2D eigenvalue weighted by Gasteiger charge is -2.14. The highest BCUT2D eigenvalue weighted by atomic mass is 79.9. The standard InChI is InChI=1S/C25H18BrCl2F3N4O5/c1-39-19-9-13(8-16(26)22(19)40-12-20(36)34-18-7-3-6-17(27)21(18)28)11-32-35-24(38)23(37)33-15-5-2-4-14(10-15)25(29,30)31/h2-11H,12H2,1H3,(H,33,37)(H,34,36)(H,35,38)/b32-11-. The number of rotatable bonds is 8. The molecule has 0 bridgehead atoms. The van der Waals surface area contributed by atoms with Gasteiger partial charge in [-0.15, -0.1) is 0 Å². The molecular formula is C25H18BrCl2F3N4O5. The van der Waals surface area contributed by atoms with Gasteiger partial charge >= 0.3 is 18.0 Å². The smallest absolute Gasteiger partial charge is 0.416 e. The van der Waals surface area contributed by atoms with Crippen LogP contribution in [0.4, 0.5) is 24.5 Å². The molecule has 3 amide bonds. The fourth-order valence-electron chi connectivity index (χ4n) is 3.06. The highest BCUT2D eigenvalue weighted by Crippen LogP contribution is 2.36. The molecule has 3 aromatic rings. The second-order valence-electron chi connectivity index (χ2n) is 7.70. The van der Waals surface area contributed by atoms with Crippen LogP contribution in [0.1, 0.15) is 11.1 Å². The van der Waals surface area contributed by atoms with Gasteiger partial charge in [-0.2, -0.15) is 18.3 Å². The molecular weight excluding hydrogens is 644 g/mol. The number of hydrogen-bond donors (Lipinski definition) is 3. The van der Waals surface area contributed by atoms with E-state index in [0.29, 0.717) is 21.8 Å². The fraction of sp³-hybridized carbons (Fsp3) is 0.120. The first-order valence-electron chi connectivity index (χ1n) is 10.9. The average Bonchev–Trinajstić information content (AvgIpc) is 2.90. The van der Waals surface area contributed by atoms with Gasteiger partial charge in [0, 0.05) is 5.69 Å². The summed E-state index contributed by atoms with van der Waals surface area (Å²) >= 11 is 15.3. The van der Waals surface area contributed by atoms with E-state index >= 15 is 0 Å². The maximum absolute atomic E-state index is 12.8. The lowest BCUT2D eigenvalue weighted by atomic mass is 10.2. The summed E-state index contributed by atoms with van der Waals surface area (Å²) in [6, 6.07) is 11.6. The Morgan fingerprint density at radius 1 is 1.02 bits per heavy atom. The average molecular weight is 662 g/mol. The van der Waals surface area contributed by atoms with Gasteiger partial charge in [0.25, 0.3) is 5.91 Å². The Labute approximate surface area is 243 Å². The first kappa shape index (κ1) is 30.7. The topological polar surface area (TPSA) is 118 Å². The minimum Gasteiger partial charge on any atom is -0.493 e. The summed E-state index contributed by atoms with van der Waals surface area (Å²) < 4.78 is 49.7. The number of carbonyl (C=O) groups is 3. The summed E-state index contributed by atoms with van der Waals surface area (Å²) in [6.07, 6.45) is -3.43. The molecule has 40 heavy (non-hydrogen) atoms. The predicted octanol–water partition coefficient (Wildman–Crippen LogP) is 5.89. The van der Waals surface area contributed by atoms with Crippen LogP contribution in [-0.2, 0) is 20.6 Å². The quantitative estimate of drug-likeness (QED) is 0.158. The molecule has 0 aliphatic carbocycles. The molecule has 3 rings (SSSR count). The zero-order chi connectivity index (χ0) is 29.4. The molecule has 0 aliphatic heterocycles. The fourth-order valence-corrected chi connectivity index (χ4v) is 3.98. The Morgan fingerprint density at radius 2 is 1.75 bits per heavy atom. The third kappa shape index (κ3) is 8.34. The van der Waals surface area contributed by atoms with E-state index in [-0.39, 0.29) is 27.2 Å². The van der Waals surface area contributed by atoms with Gasteiger partial charge in [-0.25, -0.2) is 5.43 Å². The van der Waals surface area contributed by atoms with Crippen LogP contribution in [0, 0.1) is 0 Å². The van der Waals surface area contributed by atoms with Crippen molar-refractivity contribution in [1.29, 1.82) is 0 Å². The summed E-state index contributed by atoms with van der Waals surface area (Å²) in [7, 11) is 1.36. The zero-order valence-corrected chi connectivity index (χ0v) is 23.3. The summed E-state index contributed by atoms with van der Waals surface area (Å²) in [5, 5.41) is 8.77. The second kappa shape index (κ2) is 13.5. The summed E-state index contributed by atoms with van der Waals surface area (Å²) in [4.78, 5) is 36.4. The number of ether oxygens (including phenoxy) is 2. The van der Waals surface area contributed by atoms with Crippen molar-refractivity contribution >= 4 is 74.4 Å². The van der Waals surface area contributed by atoms with E-state index in [0.717, 1.165) is 12.1 Å². The van der Waals surface area contributed by atoms with E-state index in [4.69, 9.17) is 32.7 Å². The molecule has 0 heterocycles. The van der Waals surface area contributed by atoms with Gasteiger partial charge in [-0.05, 0) is 64.0 Å². The maximum Gasteiger partial charge on any atom is 0.416 e. The van der Waals surface area contributed by atoms with E-state index in [1.165, 1.54) is 31.5 Å². The second-order valence-corrected chi connectivity index (χ2v) is 9.34. The largest absolute Gasteiger partial charge is 0.493 e. The third-order valence-electron chi connectivity index (χ3n) is 4.86. The minimum atomic E-state index is -4.61. The molecule has 0 saturated heterocycles. The number of hydrazone groups is 1. The Balaban J connectivity index is 1.59. The first-order chi connectivity index (χ1) is 18.9. The number of nitrogens with zero attached hydrogens (tertiary/aromatic N) is 1. The Kier molecular flexibility index (Phi) is 10.4. The van der Waals surface area contributed by atoms with Crippen molar-refractivity contribution in [2.75, 3.05) is 24.4 Å². The number of halogens is 6. The van der Waals surface area contributed by atoms with Crippen molar-refractivity contribution in [2.45, 2.75) is 6.18 Å². The van der Waals surface area contributed by atoms with Gasteiger partial charge in [0.2, 0.25) is 0 Å². The number of hydrogen-bond acceptors (Lipinski definition) is 6. The monoisotopic (exact) mass is 660 g/mol. The Bertz CT molecular complexity index is 1470. The first-order valence-corrected chi connectivity index (χ1v) is 12.5. The van der Waals surface area contributed by atoms with Crippen molar-refractivity contribution in [3.63, 3.8) is 0 Å². The van der Waals surface area contributed by atoms with E-state index < -0.39 is 36.1 Å². The number of benzene rings is 3. The molecule has 3 N–H and O–H groups in total. The third-order valence-corrected chi connectivity index (χ3v) is 6.27. The van der Waals surface area contributed by atoms with Crippen LogP contribution in [0.5, 0.6) is 11.5 Å². The van der Waals surface area contributed by atoms with Crippen LogP contribution in [0.2, 0.25) is 10.0 Å². The number of anilines is 2. The molecule has 3 aromatic carbocycles. The van der Waals surface area contributed by atoms with Gasteiger partial charge in [0.05, 0.1) is 39.1 Å². The molecule has 210 valence electrons. The highest BCUT2D eigenvalue weighted by Gasteiger charge is 2.30. The van der Waals surface area contributed by atoms with Crippen molar-refractivity contribution in [3.8, 4) is 11.5 Å². The number of amides is 3. The van der Waals surface area contributed by atoms with Crippen LogP contribution in [0.3, 0.4) is 0 Å². The van der Waals surface area contributed by atoms with Crippen molar-refractivity contribution < 1.29 is 37.0 Å². The lowest BCUT2D eigenvalue weighted by Crippen LogP contribution is -2.32. The molecule has 0 radical (unpaired) electrons. The van der Waals surface area contributed by atoms with Crippen LogP contribution in [-0.4, -0.2) is 37.7 Å². The zero-order valence-electron chi connectivity index (χ0n) is 20.2. The van der Waals surface area contributed by atoms with Crippen LogP contribution < -0.4 is 25.5 Å². The number of carbonyl (C=O) groups excluding carboxylic acids is 3. The molecule has 0 fully saturated rings. The molecule has 0 spiro atoms. The van der Waals surface area contributed by atoms with E-state index in [9.17, 15) is 27.6 Å². The van der Waals surface area contributed by atoms with Crippen LogP contribution in [0.25, 0.3) is 0 Å². The van der Waals surface area contributed by atoms with Gasteiger partial charge < -0.3 is 20.1 Å². The highest BCUT2D eigenvalue weighted by molar-refractivity contribution is 9.10. The van der Waals surface area contributed by atoms with Crippen LogP contribution >= 0.6 is 39.1 Å². The van der Waals surface area contributed by atoms with E-state index in [1.54, 1.807) is 18.2 Å². The Morgan fingerprint density at radius 3 is 2.45 bits per heavy atom. The molecule has 0 atom stereocenters. The molecule has 0 saturated carbocycles. The predicted molar refractivity (Wildman–Crippen MR) is 147 cm³/mol. The summed E-state index contributed by atoms with van der Waals surface area (Å²) in [6.45, 7) is -0.401. The van der Waals surface area contributed by atoms with Gasteiger partial charge in [0.15, 0.2) is 18.1 Å². The van der Waals surface area contributed by atoms with Crippen LogP contribution in [0.15, 0.2) is 64.2 Å². The molecule has 0 unspecified atom stereocenters. The normalized spacial score (nSPS) is 11.2. The van der Waals surface area contributed by atoms with Gasteiger partial charge in [0.1, 0.15) is 0 Å². The van der Waals surface area contributed by atoms with E-state index in [2.05, 4.69) is 31.7 Å². The van der Waals surface area contributed by atoms with Crippen molar-refractivity contribution in [1.82, 2.24) is 5.43 Å². The SMILES string of the molecule is COc1cc(/C=N\NC(=O)C(=O)Nc2cccc(C(F)(F)F)c2)cc(Br)c1OCC(=O)Nc1cccc(Cl)c1Cl. The molecule has 9 nitrogen and oxygen atoms in total. The molecule has 0 aromatic heterocycles. The minimum absolute atomic E-state index is 0.181. The van der Waals surface area contributed by atoms with Crippen molar-refractivity contribution in [3.05, 3.63) is 80.2 Å². The Hall–Kier alpha value is -3.81. The van der Waals surface area contributed by atoms with Gasteiger partial charge in [-0.3, -0.25) is 14.4 Å². The van der Waals surface area contributed by atoms with Gasteiger partial charge in [-0.1, -0.05) is 35.3 Å².